The van der Waals surface area contributed by atoms with Crippen LogP contribution in [0.25, 0.3) is 0 Å². The van der Waals surface area contributed by atoms with Crippen molar-refractivity contribution in [1.29, 1.82) is 0 Å². The van der Waals surface area contributed by atoms with E-state index in [9.17, 15) is 9.59 Å². The van der Waals surface area contributed by atoms with Crippen molar-refractivity contribution < 1.29 is 19.1 Å². The Morgan fingerprint density at radius 3 is 1.48 bits per heavy atom. The summed E-state index contributed by atoms with van der Waals surface area (Å²) in [4.78, 5) is 23.6. The normalized spacial score (nSPS) is 13.2. The Morgan fingerprint density at radius 2 is 1.11 bits per heavy atom. The van der Waals surface area contributed by atoms with Gasteiger partial charge in [-0.05, 0) is 39.5 Å². The maximum atomic E-state index is 11.8. The number of rotatable bonds is 18. The van der Waals surface area contributed by atoms with E-state index >= 15 is 0 Å². The summed E-state index contributed by atoms with van der Waals surface area (Å²) >= 11 is 1.61. The van der Waals surface area contributed by atoms with Crippen LogP contribution < -0.4 is 0 Å². The van der Waals surface area contributed by atoms with Crippen molar-refractivity contribution in [2.24, 2.45) is 0 Å². The van der Waals surface area contributed by atoms with Gasteiger partial charge in [-0.25, -0.2) is 0 Å². The largest absolute Gasteiger partial charge is 0.463 e. The lowest BCUT2D eigenvalue weighted by atomic mass is 10.1. The third-order valence-corrected chi connectivity index (χ3v) is 5.48. The average molecular weight is 403 g/mol. The summed E-state index contributed by atoms with van der Waals surface area (Å²) < 4.78 is 10.8. The average Bonchev–Trinajstić information content (AvgIpc) is 2.62. The molecule has 0 aliphatic carbocycles. The fourth-order valence-electron chi connectivity index (χ4n) is 2.81. The first kappa shape index (κ1) is 26.3. The summed E-state index contributed by atoms with van der Waals surface area (Å²) in [5, 5.41) is 0. The molecule has 0 saturated heterocycles. The molecule has 0 amide bonds. The molecule has 0 radical (unpaired) electrons. The molecule has 0 spiro atoms. The molecule has 0 rings (SSSR count). The number of unbranched alkanes of at least 4 members (excludes halogenated alkanes) is 6. The van der Waals surface area contributed by atoms with E-state index in [1.165, 1.54) is 38.5 Å². The second-order valence-corrected chi connectivity index (χ2v) is 8.64. The summed E-state index contributed by atoms with van der Waals surface area (Å²) in [6.07, 6.45) is 12.3. The van der Waals surface area contributed by atoms with Gasteiger partial charge in [0.1, 0.15) is 0 Å². The Balaban J connectivity index is 3.57. The van der Waals surface area contributed by atoms with Crippen molar-refractivity contribution in [1.82, 2.24) is 0 Å². The lowest BCUT2D eigenvalue weighted by Crippen LogP contribution is -2.16. The Labute approximate surface area is 171 Å². The van der Waals surface area contributed by atoms with Gasteiger partial charge in [-0.1, -0.05) is 52.4 Å². The van der Waals surface area contributed by atoms with Gasteiger partial charge in [-0.3, -0.25) is 9.59 Å². The summed E-state index contributed by atoms with van der Waals surface area (Å²) in [5.74, 6) is 1.13. The Morgan fingerprint density at radius 1 is 0.704 bits per heavy atom. The summed E-state index contributed by atoms with van der Waals surface area (Å²) in [7, 11) is 0. The third-order valence-electron chi connectivity index (χ3n) is 4.49. The van der Waals surface area contributed by atoms with Gasteiger partial charge < -0.3 is 9.47 Å². The first-order valence-corrected chi connectivity index (χ1v) is 12.1. The predicted molar refractivity (Wildman–Crippen MR) is 115 cm³/mol. The number of thioether (sulfide) groups is 1. The molecule has 0 fully saturated rings. The van der Waals surface area contributed by atoms with E-state index in [1.807, 2.05) is 13.8 Å². The van der Waals surface area contributed by atoms with E-state index in [4.69, 9.17) is 9.47 Å². The molecule has 0 aromatic carbocycles. The van der Waals surface area contributed by atoms with Gasteiger partial charge in [0.2, 0.25) is 0 Å². The zero-order chi connectivity index (χ0) is 20.3. The van der Waals surface area contributed by atoms with Crippen molar-refractivity contribution in [2.45, 2.75) is 117 Å². The van der Waals surface area contributed by atoms with Crippen LogP contribution >= 0.6 is 11.8 Å². The molecule has 27 heavy (non-hydrogen) atoms. The lowest BCUT2D eigenvalue weighted by molar-refractivity contribution is -0.148. The van der Waals surface area contributed by atoms with Crippen LogP contribution in [0.2, 0.25) is 0 Å². The molecular formula is C22H42O4S. The first-order valence-electron chi connectivity index (χ1n) is 11.0. The van der Waals surface area contributed by atoms with E-state index in [0.29, 0.717) is 24.3 Å². The number of hydrogen-bond donors (Lipinski definition) is 0. The van der Waals surface area contributed by atoms with Gasteiger partial charge >= 0.3 is 11.9 Å². The Hall–Kier alpha value is -0.710. The minimum Gasteiger partial charge on any atom is -0.463 e. The van der Waals surface area contributed by atoms with E-state index in [0.717, 1.165) is 25.7 Å². The van der Waals surface area contributed by atoms with Crippen molar-refractivity contribution in [3.05, 3.63) is 0 Å². The van der Waals surface area contributed by atoms with Crippen LogP contribution in [-0.4, -0.2) is 35.7 Å². The van der Waals surface area contributed by atoms with Gasteiger partial charge in [-0.2, -0.15) is 11.8 Å². The minimum absolute atomic E-state index is 0.00754. The number of carbonyl (C=O) groups excluding carboxylic acids is 2. The third kappa shape index (κ3) is 18.4. The number of ether oxygens (including phenoxy) is 2. The standard InChI is InChI=1S/C22H42O4S/c1-5-7-9-11-13-19(3)25-21(23)15-17-27-18-16-22(24)26-20(4)14-12-10-8-6-2/h19-20H,5-18H2,1-4H3. The highest BCUT2D eigenvalue weighted by atomic mass is 32.2. The van der Waals surface area contributed by atoms with Gasteiger partial charge in [0.05, 0.1) is 25.0 Å². The molecule has 160 valence electrons. The highest BCUT2D eigenvalue weighted by Gasteiger charge is 2.11. The van der Waals surface area contributed by atoms with Crippen LogP contribution in [0.4, 0.5) is 0 Å². The second-order valence-electron chi connectivity index (χ2n) is 7.41. The van der Waals surface area contributed by atoms with Crippen LogP contribution in [0.1, 0.15) is 105 Å². The highest BCUT2D eigenvalue weighted by molar-refractivity contribution is 7.99. The Bertz CT molecular complexity index is 339. The van der Waals surface area contributed by atoms with Gasteiger partial charge in [-0.15, -0.1) is 0 Å². The van der Waals surface area contributed by atoms with Crippen LogP contribution in [0.5, 0.6) is 0 Å². The molecule has 5 heteroatoms. The molecule has 0 saturated carbocycles. The first-order chi connectivity index (χ1) is 13.0. The lowest BCUT2D eigenvalue weighted by Gasteiger charge is -2.13. The van der Waals surface area contributed by atoms with Crippen molar-refractivity contribution in [3.8, 4) is 0 Å². The van der Waals surface area contributed by atoms with Crippen molar-refractivity contribution in [3.63, 3.8) is 0 Å². The van der Waals surface area contributed by atoms with Crippen LogP contribution in [0.3, 0.4) is 0 Å². The summed E-state index contributed by atoms with van der Waals surface area (Å²) in [6, 6.07) is 0. The van der Waals surface area contributed by atoms with Gasteiger partial charge in [0.25, 0.3) is 0 Å². The maximum absolute atomic E-state index is 11.8. The Kier molecular flexibility index (Phi) is 18.2. The number of carbonyl (C=O) groups is 2. The summed E-state index contributed by atoms with van der Waals surface area (Å²) in [6.45, 7) is 8.32. The molecule has 2 atom stereocenters. The van der Waals surface area contributed by atoms with Gasteiger partial charge in [0.15, 0.2) is 0 Å². The molecular weight excluding hydrogens is 360 g/mol. The smallest absolute Gasteiger partial charge is 0.306 e. The van der Waals surface area contributed by atoms with Crippen molar-refractivity contribution in [2.75, 3.05) is 11.5 Å². The fraction of sp³-hybridized carbons (Fsp3) is 0.909. The topological polar surface area (TPSA) is 52.6 Å². The molecule has 0 aliphatic heterocycles. The molecule has 0 aliphatic rings. The molecule has 2 unspecified atom stereocenters. The zero-order valence-corrected chi connectivity index (χ0v) is 18.9. The quantitative estimate of drug-likeness (QED) is 0.199. The molecule has 4 nitrogen and oxygen atoms in total. The fourth-order valence-corrected chi connectivity index (χ4v) is 3.64. The van der Waals surface area contributed by atoms with Crippen LogP contribution in [0.15, 0.2) is 0 Å². The highest BCUT2D eigenvalue weighted by Crippen LogP contribution is 2.12. The van der Waals surface area contributed by atoms with Gasteiger partial charge in [0, 0.05) is 11.5 Å². The summed E-state index contributed by atoms with van der Waals surface area (Å²) in [5.41, 5.74) is 0. The zero-order valence-electron chi connectivity index (χ0n) is 18.1. The van der Waals surface area contributed by atoms with Crippen molar-refractivity contribution >= 4 is 23.7 Å². The van der Waals surface area contributed by atoms with E-state index in [2.05, 4.69) is 13.8 Å². The van der Waals surface area contributed by atoms with Crippen LogP contribution in [0, 0.1) is 0 Å². The van der Waals surface area contributed by atoms with E-state index in [1.54, 1.807) is 11.8 Å². The number of esters is 2. The molecule has 0 N–H and O–H groups in total. The van der Waals surface area contributed by atoms with Crippen LogP contribution in [-0.2, 0) is 19.1 Å². The van der Waals surface area contributed by atoms with E-state index < -0.39 is 0 Å². The predicted octanol–water partition coefficient (Wildman–Crippen LogP) is 6.30. The molecule has 0 aromatic rings. The molecule has 0 bridgehead atoms. The maximum Gasteiger partial charge on any atom is 0.306 e. The monoisotopic (exact) mass is 402 g/mol. The van der Waals surface area contributed by atoms with E-state index in [-0.39, 0.29) is 24.1 Å². The SMILES string of the molecule is CCCCCCC(C)OC(=O)CCSCCC(=O)OC(C)CCCCCC. The minimum atomic E-state index is -0.131. The second kappa shape index (κ2) is 18.6. The molecule has 0 heterocycles. The molecule has 0 aromatic heterocycles. The number of hydrogen-bond acceptors (Lipinski definition) is 5.